The Morgan fingerprint density at radius 2 is 1.79 bits per heavy atom. The van der Waals surface area contributed by atoms with E-state index in [2.05, 4.69) is 25.4 Å². The first-order valence-electron chi connectivity index (χ1n) is 11.2. The second-order valence-corrected chi connectivity index (χ2v) is 8.41. The van der Waals surface area contributed by atoms with E-state index in [0.29, 0.717) is 12.8 Å². The standard InChI is InChI=1S/C23H19F6N7O2/c1-11(34-17-9-33-35-21(37)18(17)23(27,28)29)3-2-4-36-10-32-16-6-13(15(24)5-14(16)22(36)38)20-30-7-12(8-31-20)19(25)26/h5-11,19H,2-4H2,1H3,(H2,34,35,37). The van der Waals surface area contributed by atoms with Crippen molar-refractivity contribution >= 4 is 16.6 Å². The summed E-state index contributed by atoms with van der Waals surface area (Å²) in [7, 11) is 0. The minimum Gasteiger partial charge on any atom is -0.381 e. The van der Waals surface area contributed by atoms with Crippen molar-refractivity contribution in [1.82, 2.24) is 29.7 Å². The monoisotopic (exact) mass is 539 g/mol. The summed E-state index contributed by atoms with van der Waals surface area (Å²) in [5, 5.41) is 7.74. The maximum Gasteiger partial charge on any atom is 0.423 e. The lowest BCUT2D eigenvalue weighted by Gasteiger charge is -2.18. The van der Waals surface area contributed by atoms with E-state index in [1.807, 2.05) is 0 Å². The summed E-state index contributed by atoms with van der Waals surface area (Å²) in [6, 6.07) is 1.69. The Balaban J connectivity index is 1.47. The number of aromatic nitrogens is 6. The number of alkyl halides is 5. The number of aryl methyl sites for hydroxylation is 1. The van der Waals surface area contributed by atoms with Gasteiger partial charge in [-0.3, -0.25) is 14.2 Å². The summed E-state index contributed by atoms with van der Waals surface area (Å²) in [5.41, 5.74) is -4.15. The number of benzene rings is 1. The van der Waals surface area contributed by atoms with Crippen LogP contribution in [0.4, 0.5) is 32.0 Å². The number of halogens is 6. The molecule has 1 aromatic carbocycles. The Labute approximate surface area is 209 Å². The lowest BCUT2D eigenvalue weighted by molar-refractivity contribution is -0.138. The van der Waals surface area contributed by atoms with Crippen LogP contribution in [-0.4, -0.2) is 35.8 Å². The van der Waals surface area contributed by atoms with E-state index >= 15 is 0 Å². The van der Waals surface area contributed by atoms with E-state index in [9.17, 15) is 35.9 Å². The Morgan fingerprint density at radius 1 is 1.08 bits per heavy atom. The second kappa shape index (κ2) is 10.6. The number of fused-ring (bicyclic) bond motifs is 1. The van der Waals surface area contributed by atoms with Crippen LogP contribution in [0, 0.1) is 5.82 Å². The molecular formula is C23H19F6N7O2. The number of aromatic amines is 1. The van der Waals surface area contributed by atoms with Crippen molar-refractivity contribution in [3.8, 4) is 11.4 Å². The Morgan fingerprint density at radius 3 is 2.45 bits per heavy atom. The molecule has 0 saturated heterocycles. The van der Waals surface area contributed by atoms with Crippen molar-refractivity contribution in [2.45, 2.75) is 45.0 Å². The molecule has 4 aromatic rings. The molecule has 200 valence electrons. The number of hydrogen-bond acceptors (Lipinski definition) is 7. The van der Waals surface area contributed by atoms with Crippen molar-refractivity contribution in [1.29, 1.82) is 0 Å². The van der Waals surface area contributed by atoms with Gasteiger partial charge in [-0.25, -0.2) is 33.2 Å². The van der Waals surface area contributed by atoms with Crippen LogP contribution in [0.2, 0.25) is 0 Å². The average molecular weight is 539 g/mol. The second-order valence-electron chi connectivity index (χ2n) is 8.41. The molecule has 38 heavy (non-hydrogen) atoms. The highest BCUT2D eigenvalue weighted by Crippen LogP contribution is 2.32. The molecule has 1 atom stereocenters. The third-order valence-corrected chi connectivity index (χ3v) is 5.66. The van der Waals surface area contributed by atoms with E-state index in [1.54, 1.807) is 12.0 Å². The molecule has 0 aliphatic heterocycles. The van der Waals surface area contributed by atoms with E-state index < -0.39 is 52.4 Å². The lowest BCUT2D eigenvalue weighted by Crippen LogP contribution is -2.27. The maximum atomic E-state index is 14.8. The first kappa shape index (κ1) is 26.8. The predicted molar refractivity (Wildman–Crippen MR) is 124 cm³/mol. The SMILES string of the molecule is CC(CCCn1cnc2cc(-c3ncc(C(F)F)cn3)c(F)cc2c1=O)Nc1cn[nH]c(=O)c1C(F)(F)F. The van der Waals surface area contributed by atoms with E-state index in [-0.39, 0.29) is 28.8 Å². The van der Waals surface area contributed by atoms with Crippen LogP contribution in [0.3, 0.4) is 0 Å². The van der Waals surface area contributed by atoms with Crippen LogP contribution >= 0.6 is 0 Å². The number of anilines is 1. The van der Waals surface area contributed by atoms with Gasteiger partial charge in [-0.15, -0.1) is 0 Å². The predicted octanol–water partition coefficient (Wildman–Crippen LogP) is 4.31. The minimum atomic E-state index is -4.88. The highest BCUT2D eigenvalue weighted by atomic mass is 19.4. The van der Waals surface area contributed by atoms with Crippen molar-refractivity contribution in [3.63, 3.8) is 0 Å². The van der Waals surface area contributed by atoms with E-state index in [0.717, 1.165) is 24.7 Å². The molecule has 0 aliphatic carbocycles. The van der Waals surface area contributed by atoms with Crippen LogP contribution in [0.1, 0.15) is 37.3 Å². The smallest absolute Gasteiger partial charge is 0.381 e. The number of H-pyrrole nitrogens is 1. The highest BCUT2D eigenvalue weighted by Gasteiger charge is 2.37. The average Bonchev–Trinajstić information content (AvgIpc) is 2.85. The van der Waals surface area contributed by atoms with Gasteiger partial charge in [-0.1, -0.05) is 0 Å². The fraction of sp³-hybridized carbons (Fsp3) is 0.304. The zero-order chi connectivity index (χ0) is 27.6. The molecule has 3 heterocycles. The Hall–Kier alpha value is -4.30. The molecule has 3 aromatic heterocycles. The molecule has 0 spiro atoms. The molecule has 2 N–H and O–H groups in total. The topological polar surface area (TPSA) is 118 Å². The quantitative estimate of drug-likeness (QED) is 0.320. The molecule has 15 heteroatoms. The van der Waals surface area contributed by atoms with Gasteiger partial charge in [-0.2, -0.15) is 18.3 Å². The molecule has 0 fully saturated rings. The summed E-state index contributed by atoms with van der Waals surface area (Å²) in [4.78, 5) is 36.1. The molecule has 9 nitrogen and oxygen atoms in total. The number of nitrogens with zero attached hydrogens (tertiary/aromatic N) is 5. The van der Waals surface area contributed by atoms with Gasteiger partial charge >= 0.3 is 6.18 Å². The summed E-state index contributed by atoms with van der Waals surface area (Å²) in [6.45, 7) is 1.74. The van der Waals surface area contributed by atoms with Gasteiger partial charge in [0, 0.05) is 25.0 Å². The first-order chi connectivity index (χ1) is 18.0. The Kier molecular flexibility index (Phi) is 7.46. The van der Waals surface area contributed by atoms with E-state index in [4.69, 9.17) is 0 Å². The maximum absolute atomic E-state index is 14.8. The van der Waals surface area contributed by atoms with Gasteiger partial charge in [0.15, 0.2) is 5.82 Å². The lowest BCUT2D eigenvalue weighted by atomic mass is 10.1. The molecular weight excluding hydrogens is 520 g/mol. The highest BCUT2D eigenvalue weighted by molar-refractivity contribution is 5.82. The molecule has 0 bridgehead atoms. The molecule has 0 saturated carbocycles. The van der Waals surface area contributed by atoms with E-state index in [1.165, 1.54) is 17.0 Å². The summed E-state index contributed by atoms with van der Waals surface area (Å²) in [5.74, 6) is -0.991. The van der Waals surface area contributed by atoms with Gasteiger partial charge in [0.25, 0.3) is 17.5 Å². The van der Waals surface area contributed by atoms with Crippen LogP contribution in [0.5, 0.6) is 0 Å². The molecule has 0 aliphatic rings. The third kappa shape index (κ3) is 5.65. The van der Waals surface area contributed by atoms with Gasteiger partial charge in [0.2, 0.25) is 0 Å². The summed E-state index contributed by atoms with van der Waals surface area (Å²) >= 11 is 0. The zero-order valence-corrected chi connectivity index (χ0v) is 19.6. The van der Waals surface area contributed by atoms with Gasteiger partial charge in [0.05, 0.1) is 40.2 Å². The fourth-order valence-corrected chi connectivity index (χ4v) is 3.79. The van der Waals surface area contributed by atoms with Gasteiger partial charge in [0.1, 0.15) is 11.4 Å². The van der Waals surface area contributed by atoms with Crippen LogP contribution < -0.4 is 16.4 Å². The van der Waals surface area contributed by atoms with Crippen LogP contribution in [0.25, 0.3) is 22.3 Å². The normalized spacial score (nSPS) is 12.7. The number of nitrogens with one attached hydrogen (secondary N) is 2. The number of hydrogen-bond donors (Lipinski definition) is 2. The number of rotatable bonds is 8. The van der Waals surface area contributed by atoms with Crippen molar-refractivity contribution < 1.29 is 26.3 Å². The van der Waals surface area contributed by atoms with Crippen molar-refractivity contribution in [2.75, 3.05) is 5.32 Å². The largest absolute Gasteiger partial charge is 0.423 e. The fourth-order valence-electron chi connectivity index (χ4n) is 3.79. The van der Waals surface area contributed by atoms with Gasteiger partial charge < -0.3 is 5.32 Å². The minimum absolute atomic E-state index is 0.0338. The molecule has 0 radical (unpaired) electrons. The van der Waals surface area contributed by atoms with Crippen molar-refractivity contribution in [3.05, 3.63) is 74.7 Å². The van der Waals surface area contributed by atoms with Crippen molar-refractivity contribution in [2.24, 2.45) is 0 Å². The first-order valence-corrected chi connectivity index (χ1v) is 11.2. The molecule has 0 amide bonds. The zero-order valence-electron chi connectivity index (χ0n) is 19.6. The van der Waals surface area contributed by atoms with Crippen LogP contribution in [-0.2, 0) is 12.7 Å². The summed E-state index contributed by atoms with van der Waals surface area (Å²) < 4.78 is 81.0. The summed E-state index contributed by atoms with van der Waals surface area (Å²) in [6.07, 6.45) is -3.12. The third-order valence-electron chi connectivity index (χ3n) is 5.66. The van der Waals surface area contributed by atoms with Gasteiger partial charge in [-0.05, 0) is 31.9 Å². The Bertz CT molecular complexity index is 1570. The van der Waals surface area contributed by atoms with Crippen LogP contribution in [0.15, 0.2) is 46.6 Å². The molecule has 1 unspecified atom stereocenters. The molecule has 4 rings (SSSR count).